The molecule has 0 radical (unpaired) electrons. The normalized spacial score (nSPS) is 15.8. The third-order valence-electron chi connectivity index (χ3n) is 4.48. The van der Waals surface area contributed by atoms with Crippen molar-refractivity contribution < 1.29 is 8.42 Å². The Morgan fingerprint density at radius 1 is 1.19 bits per heavy atom. The molecule has 0 aliphatic carbocycles. The minimum absolute atomic E-state index is 0.407. The van der Waals surface area contributed by atoms with Crippen molar-refractivity contribution in [2.75, 3.05) is 26.2 Å². The summed E-state index contributed by atoms with van der Waals surface area (Å²) in [6, 6.07) is 9.63. The minimum atomic E-state index is -3.47. The van der Waals surface area contributed by atoms with Crippen LogP contribution in [-0.4, -0.2) is 48.9 Å². The van der Waals surface area contributed by atoms with E-state index >= 15 is 0 Å². The van der Waals surface area contributed by atoms with Crippen LogP contribution >= 0.6 is 23.6 Å². The average Bonchev–Trinajstić information content (AvgIpc) is 3.15. The van der Waals surface area contributed by atoms with Crippen LogP contribution < -0.4 is 5.32 Å². The van der Waals surface area contributed by atoms with E-state index in [1.165, 1.54) is 4.88 Å². The van der Waals surface area contributed by atoms with Crippen molar-refractivity contribution in [3.8, 4) is 0 Å². The number of nitrogens with zero attached hydrogens (tertiary/aromatic N) is 2. The monoisotopic (exact) mass is 409 g/mol. The van der Waals surface area contributed by atoms with Crippen LogP contribution in [0.5, 0.6) is 0 Å². The third kappa shape index (κ3) is 4.25. The Morgan fingerprint density at radius 3 is 2.58 bits per heavy atom. The molecule has 1 fully saturated rings. The molecule has 0 spiro atoms. The molecule has 0 amide bonds. The Hall–Kier alpha value is -1.48. The zero-order valence-electron chi connectivity index (χ0n) is 14.9. The third-order valence-corrected chi connectivity index (χ3v) is 7.80. The molecule has 1 aromatic carbocycles. The van der Waals surface area contributed by atoms with Gasteiger partial charge in [-0.1, -0.05) is 18.2 Å². The maximum atomic E-state index is 13.0. The molecule has 0 atom stereocenters. The summed E-state index contributed by atoms with van der Waals surface area (Å²) in [6.07, 6.45) is 0. The first kappa shape index (κ1) is 19.3. The van der Waals surface area contributed by atoms with E-state index in [1.807, 2.05) is 42.3 Å². The van der Waals surface area contributed by atoms with E-state index in [0.29, 0.717) is 42.7 Å². The fourth-order valence-electron chi connectivity index (χ4n) is 2.94. The van der Waals surface area contributed by atoms with Gasteiger partial charge in [-0.3, -0.25) is 0 Å². The maximum Gasteiger partial charge on any atom is 0.243 e. The molecule has 0 unspecified atom stereocenters. The van der Waals surface area contributed by atoms with Crippen LogP contribution in [0.1, 0.15) is 16.0 Å². The Labute approximate surface area is 164 Å². The summed E-state index contributed by atoms with van der Waals surface area (Å²) in [4.78, 5) is 3.67. The molecule has 0 saturated carbocycles. The summed E-state index contributed by atoms with van der Waals surface area (Å²) in [6.45, 7) is 6.53. The van der Waals surface area contributed by atoms with E-state index in [9.17, 15) is 8.42 Å². The Kier molecular flexibility index (Phi) is 5.96. The zero-order valence-corrected chi connectivity index (χ0v) is 17.4. The van der Waals surface area contributed by atoms with Gasteiger partial charge in [0.05, 0.1) is 11.4 Å². The summed E-state index contributed by atoms with van der Waals surface area (Å²) in [5, 5.41) is 5.98. The fourth-order valence-corrected chi connectivity index (χ4v) is 5.57. The number of hydrogen-bond donors (Lipinski definition) is 1. The first-order valence-corrected chi connectivity index (χ1v) is 11.2. The summed E-state index contributed by atoms with van der Waals surface area (Å²) in [5.74, 6) is 0. The molecule has 8 heteroatoms. The number of rotatable bonds is 4. The van der Waals surface area contributed by atoms with E-state index in [1.54, 1.807) is 21.7 Å². The van der Waals surface area contributed by atoms with Crippen molar-refractivity contribution in [2.45, 2.75) is 25.3 Å². The molecule has 1 N–H and O–H groups in total. The van der Waals surface area contributed by atoms with Crippen LogP contribution in [0.25, 0.3) is 0 Å². The largest absolute Gasteiger partial charge is 0.358 e. The van der Waals surface area contributed by atoms with Gasteiger partial charge in [0.1, 0.15) is 0 Å². The number of piperazine rings is 1. The van der Waals surface area contributed by atoms with Gasteiger partial charge in [0.25, 0.3) is 0 Å². The van der Waals surface area contributed by atoms with Gasteiger partial charge in [0, 0.05) is 31.1 Å². The van der Waals surface area contributed by atoms with Gasteiger partial charge in [-0.25, -0.2) is 8.42 Å². The van der Waals surface area contributed by atoms with Crippen molar-refractivity contribution in [2.24, 2.45) is 0 Å². The molecular formula is C18H23N3O2S3. The number of sulfonamides is 1. The molecule has 1 aliphatic heterocycles. The van der Waals surface area contributed by atoms with E-state index in [0.717, 1.165) is 11.1 Å². The number of aryl methyl sites for hydroxylation is 2. The molecule has 2 aromatic rings. The standard InChI is InChI=1S/C18H23N3O2S3/c1-14-5-6-15(2)17(12-14)26(22,23)21-9-7-20(8-10-21)18(24)19-13-16-4-3-11-25-16/h3-6,11-12H,7-10,13H2,1-2H3,(H,19,24). The van der Waals surface area contributed by atoms with Gasteiger partial charge in [-0.15, -0.1) is 11.3 Å². The number of thiocarbonyl (C=S) groups is 1. The van der Waals surface area contributed by atoms with Gasteiger partial charge < -0.3 is 10.2 Å². The molecule has 5 nitrogen and oxygen atoms in total. The van der Waals surface area contributed by atoms with Crippen LogP contribution in [0, 0.1) is 13.8 Å². The molecule has 1 saturated heterocycles. The van der Waals surface area contributed by atoms with Crippen LogP contribution in [0.3, 0.4) is 0 Å². The second kappa shape index (κ2) is 8.04. The highest BCUT2D eigenvalue weighted by atomic mass is 32.2. The topological polar surface area (TPSA) is 52.7 Å². The number of thiophene rings is 1. The lowest BCUT2D eigenvalue weighted by atomic mass is 10.2. The van der Waals surface area contributed by atoms with Crippen LogP contribution in [-0.2, 0) is 16.6 Å². The first-order valence-electron chi connectivity index (χ1n) is 8.50. The Balaban J connectivity index is 1.60. The Morgan fingerprint density at radius 2 is 1.92 bits per heavy atom. The molecule has 2 heterocycles. The van der Waals surface area contributed by atoms with Gasteiger partial charge in [-0.05, 0) is 54.7 Å². The number of hydrogen-bond acceptors (Lipinski definition) is 4. The molecular weight excluding hydrogens is 386 g/mol. The first-order chi connectivity index (χ1) is 12.4. The van der Waals surface area contributed by atoms with Gasteiger partial charge in [0.2, 0.25) is 10.0 Å². The number of benzene rings is 1. The second-order valence-electron chi connectivity index (χ2n) is 6.40. The van der Waals surface area contributed by atoms with E-state index in [-0.39, 0.29) is 0 Å². The molecule has 140 valence electrons. The van der Waals surface area contributed by atoms with Gasteiger partial charge >= 0.3 is 0 Å². The van der Waals surface area contributed by atoms with E-state index < -0.39 is 10.0 Å². The predicted octanol–water partition coefficient (Wildman–Crippen LogP) is 2.75. The minimum Gasteiger partial charge on any atom is -0.358 e. The quantitative estimate of drug-likeness (QED) is 0.787. The van der Waals surface area contributed by atoms with Crippen molar-refractivity contribution in [3.63, 3.8) is 0 Å². The van der Waals surface area contributed by atoms with Crippen molar-refractivity contribution >= 4 is 38.7 Å². The summed E-state index contributed by atoms with van der Waals surface area (Å²) >= 11 is 7.15. The summed E-state index contributed by atoms with van der Waals surface area (Å²) in [5.41, 5.74) is 1.73. The summed E-state index contributed by atoms with van der Waals surface area (Å²) < 4.78 is 27.5. The smallest absolute Gasteiger partial charge is 0.243 e. The average molecular weight is 410 g/mol. The Bertz CT molecular complexity index is 871. The molecule has 1 aliphatic rings. The highest BCUT2D eigenvalue weighted by Gasteiger charge is 2.30. The van der Waals surface area contributed by atoms with Crippen molar-refractivity contribution in [1.29, 1.82) is 0 Å². The highest BCUT2D eigenvalue weighted by Crippen LogP contribution is 2.22. The lowest BCUT2D eigenvalue weighted by molar-refractivity contribution is 0.264. The molecule has 26 heavy (non-hydrogen) atoms. The highest BCUT2D eigenvalue weighted by molar-refractivity contribution is 7.89. The van der Waals surface area contributed by atoms with Crippen LogP contribution in [0.4, 0.5) is 0 Å². The van der Waals surface area contributed by atoms with Crippen molar-refractivity contribution in [1.82, 2.24) is 14.5 Å². The molecule has 3 rings (SSSR count). The van der Waals surface area contributed by atoms with Crippen LogP contribution in [0.15, 0.2) is 40.6 Å². The second-order valence-corrected chi connectivity index (χ2v) is 9.72. The molecule has 1 aromatic heterocycles. The van der Waals surface area contributed by atoms with Gasteiger partial charge in [0.15, 0.2) is 5.11 Å². The van der Waals surface area contributed by atoms with E-state index in [2.05, 4.69) is 11.4 Å². The molecule has 0 bridgehead atoms. The lowest BCUT2D eigenvalue weighted by Gasteiger charge is -2.35. The lowest BCUT2D eigenvalue weighted by Crippen LogP contribution is -2.52. The zero-order chi connectivity index (χ0) is 18.7. The van der Waals surface area contributed by atoms with Gasteiger partial charge in [-0.2, -0.15) is 4.31 Å². The van der Waals surface area contributed by atoms with Crippen molar-refractivity contribution in [3.05, 3.63) is 51.7 Å². The predicted molar refractivity (Wildman–Crippen MR) is 110 cm³/mol. The maximum absolute atomic E-state index is 13.0. The SMILES string of the molecule is Cc1ccc(C)c(S(=O)(=O)N2CCN(C(=S)NCc3cccs3)CC2)c1. The fraction of sp³-hybridized carbons (Fsp3) is 0.389. The summed E-state index contributed by atoms with van der Waals surface area (Å²) in [7, 11) is -3.47. The van der Waals surface area contributed by atoms with E-state index in [4.69, 9.17) is 12.2 Å². The number of nitrogens with one attached hydrogen (secondary N) is 1. The van der Waals surface area contributed by atoms with Crippen LogP contribution in [0.2, 0.25) is 0 Å².